The van der Waals surface area contributed by atoms with E-state index in [4.69, 9.17) is 9.26 Å². The SMILES string of the molecule is CO[C@@]12CC[C@@H](NC(=O)c3cc(C)on3)C[C@@H]1N(Cc1ccccn1)CC2. The fourth-order valence-corrected chi connectivity index (χ4v) is 4.54. The molecule has 2 aromatic heterocycles. The van der Waals surface area contributed by atoms with E-state index in [-0.39, 0.29) is 23.6 Å². The van der Waals surface area contributed by atoms with Crippen molar-refractivity contribution < 1.29 is 14.1 Å². The molecule has 1 aliphatic heterocycles. The van der Waals surface area contributed by atoms with Gasteiger partial charge < -0.3 is 14.6 Å². The number of aromatic nitrogens is 2. The lowest BCUT2D eigenvalue weighted by molar-refractivity contribution is -0.0679. The molecule has 0 radical (unpaired) electrons. The molecule has 0 bridgehead atoms. The molecule has 144 valence electrons. The van der Waals surface area contributed by atoms with Crippen molar-refractivity contribution in [3.8, 4) is 0 Å². The lowest BCUT2D eigenvalue weighted by Gasteiger charge is -2.44. The molecule has 7 nitrogen and oxygen atoms in total. The standard InChI is InChI=1S/C20H26N4O3/c1-14-11-17(23-27-14)19(25)22-15-6-7-20(26-2)8-10-24(18(20)12-15)13-16-5-3-4-9-21-16/h3-5,9,11,15,18H,6-8,10,12-13H2,1-2H3,(H,22,25)/t15-,18+,20-/m1/s1. The first-order valence-corrected chi connectivity index (χ1v) is 9.53. The number of likely N-dealkylation sites (tertiary alicyclic amines) is 1. The zero-order valence-corrected chi connectivity index (χ0v) is 15.9. The summed E-state index contributed by atoms with van der Waals surface area (Å²) in [6.07, 6.45) is 5.56. The number of nitrogens with zero attached hydrogens (tertiary/aromatic N) is 3. The number of nitrogens with one attached hydrogen (secondary N) is 1. The van der Waals surface area contributed by atoms with Crippen LogP contribution < -0.4 is 5.32 Å². The van der Waals surface area contributed by atoms with Gasteiger partial charge in [0.15, 0.2) is 5.69 Å². The summed E-state index contributed by atoms with van der Waals surface area (Å²) in [7, 11) is 1.81. The number of aryl methyl sites for hydroxylation is 1. The largest absolute Gasteiger partial charge is 0.377 e. The summed E-state index contributed by atoms with van der Waals surface area (Å²) in [6, 6.07) is 8.05. The maximum absolute atomic E-state index is 12.5. The van der Waals surface area contributed by atoms with Crippen molar-refractivity contribution >= 4 is 5.91 Å². The smallest absolute Gasteiger partial charge is 0.273 e. The molecular weight excluding hydrogens is 344 g/mol. The van der Waals surface area contributed by atoms with Gasteiger partial charge in [-0.1, -0.05) is 11.2 Å². The molecule has 7 heteroatoms. The van der Waals surface area contributed by atoms with Crippen LogP contribution in [-0.4, -0.2) is 52.3 Å². The molecule has 1 aliphatic carbocycles. The number of carbonyl (C=O) groups is 1. The number of hydrogen-bond donors (Lipinski definition) is 1. The Bertz CT molecular complexity index is 794. The summed E-state index contributed by atoms with van der Waals surface area (Å²) in [5, 5.41) is 6.95. The number of hydrogen-bond acceptors (Lipinski definition) is 6. The number of ether oxygens (including phenoxy) is 1. The minimum Gasteiger partial charge on any atom is -0.377 e. The van der Waals surface area contributed by atoms with E-state index in [0.29, 0.717) is 11.5 Å². The number of carbonyl (C=O) groups excluding carboxylic acids is 1. The van der Waals surface area contributed by atoms with Crippen LogP contribution in [-0.2, 0) is 11.3 Å². The van der Waals surface area contributed by atoms with Crippen LogP contribution in [0, 0.1) is 6.92 Å². The topological polar surface area (TPSA) is 80.5 Å². The van der Waals surface area contributed by atoms with Gasteiger partial charge in [-0.25, -0.2) is 0 Å². The van der Waals surface area contributed by atoms with Gasteiger partial charge in [0, 0.05) is 44.5 Å². The highest BCUT2D eigenvalue weighted by Crippen LogP contribution is 2.42. The molecule has 1 saturated heterocycles. The molecule has 3 atom stereocenters. The molecule has 0 unspecified atom stereocenters. The lowest BCUT2D eigenvalue weighted by Crippen LogP contribution is -2.54. The molecular formula is C20H26N4O3. The molecule has 3 heterocycles. The average Bonchev–Trinajstić information content (AvgIpc) is 3.27. The summed E-state index contributed by atoms with van der Waals surface area (Å²) in [5.74, 6) is 0.468. The van der Waals surface area contributed by atoms with Crippen molar-refractivity contribution in [3.63, 3.8) is 0 Å². The number of methoxy groups -OCH3 is 1. The summed E-state index contributed by atoms with van der Waals surface area (Å²) < 4.78 is 11.0. The van der Waals surface area contributed by atoms with Crippen molar-refractivity contribution in [3.05, 3.63) is 47.6 Å². The highest BCUT2D eigenvalue weighted by Gasteiger charge is 2.51. The van der Waals surface area contributed by atoms with E-state index in [2.05, 4.69) is 26.4 Å². The van der Waals surface area contributed by atoms with Crippen LogP contribution in [0.4, 0.5) is 0 Å². The van der Waals surface area contributed by atoms with E-state index in [9.17, 15) is 4.79 Å². The van der Waals surface area contributed by atoms with E-state index in [1.807, 2.05) is 25.4 Å². The minimum atomic E-state index is -0.170. The van der Waals surface area contributed by atoms with E-state index < -0.39 is 0 Å². The number of fused-ring (bicyclic) bond motifs is 1. The van der Waals surface area contributed by atoms with E-state index in [0.717, 1.165) is 44.5 Å². The molecule has 1 N–H and O–H groups in total. The second-order valence-electron chi connectivity index (χ2n) is 7.59. The molecule has 0 spiro atoms. The predicted octanol–water partition coefficient (Wildman–Crippen LogP) is 2.32. The molecule has 27 heavy (non-hydrogen) atoms. The Labute approximate surface area is 159 Å². The predicted molar refractivity (Wildman–Crippen MR) is 99.1 cm³/mol. The van der Waals surface area contributed by atoms with Gasteiger partial charge in [-0.2, -0.15) is 0 Å². The Morgan fingerprint density at radius 1 is 1.44 bits per heavy atom. The van der Waals surface area contributed by atoms with Gasteiger partial charge in [-0.3, -0.25) is 14.7 Å². The van der Waals surface area contributed by atoms with Crippen molar-refractivity contribution in [1.82, 2.24) is 20.4 Å². The third-order valence-corrected chi connectivity index (χ3v) is 5.99. The van der Waals surface area contributed by atoms with Gasteiger partial charge in [0.1, 0.15) is 5.76 Å². The highest BCUT2D eigenvalue weighted by molar-refractivity contribution is 5.92. The van der Waals surface area contributed by atoms with Crippen molar-refractivity contribution in [2.24, 2.45) is 0 Å². The van der Waals surface area contributed by atoms with Gasteiger partial charge in [-0.15, -0.1) is 0 Å². The van der Waals surface area contributed by atoms with Crippen LogP contribution in [0.25, 0.3) is 0 Å². The minimum absolute atomic E-state index is 0.104. The summed E-state index contributed by atoms with van der Waals surface area (Å²) >= 11 is 0. The zero-order chi connectivity index (χ0) is 18.9. The monoisotopic (exact) mass is 370 g/mol. The van der Waals surface area contributed by atoms with Crippen LogP contribution in [0.1, 0.15) is 47.6 Å². The zero-order valence-electron chi connectivity index (χ0n) is 15.9. The number of amides is 1. The Balaban J connectivity index is 1.45. The fourth-order valence-electron chi connectivity index (χ4n) is 4.54. The van der Waals surface area contributed by atoms with Crippen molar-refractivity contribution in [2.75, 3.05) is 13.7 Å². The highest BCUT2D eigenvalue weighted by atomic mass is 16.5. The molecule has 2 aromatic rings. The number of rotatable bonds is 5. The summed E-state index contributed by atoms with van der Waals surface area (Å²) in [5.41, 5.74) is 1.28. The van der Waals surface area contributed by atoms with Crippen LogP contribution in [0.5, 0.6) is 0 Å². The molecule has 0 aromatic carbocycles. The normalized spacial score (nSPS) is 28.1. The maximum Gasteiger partial charge on any atom is 0.273 e. The fraction of sp³-hybridized carbons (Fsp3) is 0.550. The molecule has 2 fully saturated rings. The molecule has 2 aliphatic rings. The first kappa shape index (κ1) is 18.1. The van der Waals surface area contributed by atoms with Crippen LogP contribution >= 0.6 is 0 Å². The van der Waals surface area contributed by atoms with Gasteiger partial charge in [-0.05, 0) is 44.7 Å². The Morgan fingerprint density at radius 2 is 2.33 bits per heavy atom. The quantitative estimate of drug-likeness (QED) is 0.870. The average molecular weight is 370 g/mol. The van der Waals surface area contributed by atoms with Gasteiger partial charge in [0.2, 0.25) is 0 Å². The second kappa shape index (κ2) is 7.40. The number of pyridine rings is 1. The van der Waals surface area contributed by atoms with E-state index in [1.165, 1.54) is 0 Å². The molecule has 1 saturated carbocycles. The van der Waals surface area contributed by atoms with Gasteiger partial charge in [0.25, 0.3) is 5.91 Å². The van der Waals surface area contributed by atoms with Crippen molar-refractivity contribution in [1.29, 1.82) is 0 Å². The summed E-state index contributed by atoms with van der Waals surface area (Å²) in [4.78, 5) is 19.4. The van der Waals surface area contributed by atoms with Gasteiger partial charge >= 0.3 is 0 Å². The molecule has 4 rings (SSSR count). The van der Waals surface area contributed by atoms with E-state index in [1.54, 1.807) is 13.0 Å². The Hall–Kier alpha value is -2.25. The maximum atomic E-state index is 12.5. The van der Waals surface area contributed by atoms with E-state index >= 15 is 0 Å². The summed E-state index contributed by atoms with van der Waals surface area (Å²) in [6.45, 7) is 3.57. The van der Waals surface area contributed by atoms with Gasteiger partial charge in [0.05, 0.1) is 11.3 Å². The van der Waals surface area contributed by atoms with Crippen LogP contribution in [0.15, 0.2) is 35.0 Å². The Kier molecular flexibility index (Phi) is 4.97. The lowest BCUT2D eigenvalue weighted by atomic mass is 9.78. The first-order valence-electron chi connectivity index (χ1n) is 9.53. The molecule has 1 amide bonds. The van der Waals surface area contributed by atoms with Crippen LogP contribution in [0.2, 0.25) is 0 Å². The van der Waals surface area contributed by atoms with Crippen molar-refractivity contribution in [2.45, 2.75) is 56.8 Å². The van der Waals surface area contributed by atoms with Crippen LogP contribution in [0.3, 0.4) is 0 Å². The third-order valence-electron chi connectivity index (χ3n) is 5.99. The first-order chi connectivity index (χ1) is 13.1. The Morgan fingerprint density at radius 3 is 3.04 bits per heavy atom. The third kappa shape index (κ3) is 3.61. The second-order valence-corrected chi connectivity index (χ2v) is 7.59.